The van der Waals surface area contributed by atoms with Gasteiger partial charge in [0.2, 0.25) is 0 Å². The third kappa shape index (κ3) is 4.68. The second kappa shape index (κ2) is 6.88. The Labute approximate surface area is 139 Å². The van der Waals surface area contributed by atoms with Crippen molar-refractivity contribution in [2.75, 3.05) is 20.1 Å². The minimum absolute atomic E-state index is 0.0367. The molecule has 0 N–H and O–H groups in total. The van der Waals surface area contributed by atoms with Gasteiger partial charge >= 0.3 is 6.09 Å². The minimum Gasteiger partial charge on any atom is -0.444 e. The number of amides is 1. The smallest absolute Gasteiger partial charge is 0.410 e. The van der Waals surface area contributed by atoms with Gasteiger partial charge < -0.3 is 9.64 Å². The highest BCUT2D eigenvalue weighted by Gasteiger charge is 2.35. The van der Waals surface area contributed by atoms with Crippen LogP contribution in [0.1, 0.15) is 31.1 Å². The maximum atomic E-state index is 13.7. The fourth-order valence-electron chi connectivity index (χ4n) is 2.02. The van der Waals surface area contributed by atoms with Crippen molar-refractivity contribution >= 4 is 24.3 Å². The monoisotopic (exact) mass is 340 g/mol. The molecule has 0 radical (unpaired) electrons. The standard InChI is InChI=1S/C16H21FN2O3S/c1-16(2,3)22-15(21)18(4)12-8-19(9-12)23-14-7-11(10-20)5-6-13(14)17/h5-7,10,12H,8-9H2,1-4H3. The maximum absolute atomic E-state index is 13.7. The Bertz CT molecular complexity index is 597. The van der Waals surface area contributed by atoms with E-state index in [1.807, 2.05) is 25.1 Å². The molecule has 0 spiro atoms. The van der Waals surface area contributed by atoms with Gasteiger partial charge in [-0.15, -0.1) is 0 Å². The molecule has 1 aliphatic heterocycles. The normalized spacial score (nSPS) is 15.9. The molecule has 1 heterocycles. The number of likely N-dealkylation sites (N-methyl/N-ethyl adjacent to an activating group) is 1. The van der Waals surface area contributed by atoms with Crippen molar-refractivity contribution in [3.05, 3.63) is 29.6 Å². The number of benzene rings is 1. The predicted octanol–water partition coefficient (Wildman–Crippen LogP) is 3.20. The number of hydrogen-bond donors (Lipinski definition) is 0. The zero-order chi connectivity index (χ0) is 17.2. The summed E-state index contributed by atoms with van der Waals surface area (Å²) < 4.78 is 21.0. The first-order valence-electron chi connectivity index (χ1n) is 7.33. The van der Waals surface area contributed by atoms with E-state index in [1.165, 1.54) is 30.1 Å². The van der Waals surface area contributed by atoms with E-state index in [0.29, 0.717) is 29.8 Å². The number of ether oxygens (including phenoxy) is 1. The average molecular weight is 340 g/mol. The van der Waals surface area contributed by atoms with Gasteiger partial charge in [0.1, 0.15) is 17.7 Å². The van der Waals surface area contributed by atoms with Crippen LogP contribution in [0, 0.1) is 5.82 Å². The predicted molar refractivity (Wildman–Crippen MR) is 87.0 cm³/mol. The van der Waals surface area contributed by atoms with Crippen molar-refractivity contribution in [2.24, 2.45) is 0 Å². The van der Waals surface area contributed by atoms with Gasteiger partial charge in [-0.05, 0) is 50.9 Å². The van der Waals surface area contributed by atoms with Gasteiger partial charge in [0.05, 0.1) is 10.9 Å². The maximum Gasteiger partial charge on any atom is 0.410 e. The summed E-state index contributed by atoms with van der Waals surface area (Å²) in [5.41, 5.74) is -0.0843. The van der Waals surface area contributed by atoms with Crippen molar-refractivity contribution in [1.82, 2.24) is 9.21 Å². The molecule has 1 aliphatic rings. The van der Waals surface area contributed by atoms with E-state index in [0.717, 1.165) is 0 Å². The summed E-state index contributed by atoms with van der Waals surface area (Å²) in [4.78, 5) is 24.7. The summed E-state index contributed by atoms with van der Waals surface area (Å²) >= 11 is 1.25. The van der Waals surface area contributed by atoms with Gasteiger partial charge in [-0.1, -0.05) is 0 Å². The summed E-state index contributed by atoms with van der Waals surface area (Å²) in [6, 6.07) is 4.30. The Hall–Kier alpha value is -1.60. The lowest BCUT2D eigenvalue weighted by atomic mass is 10.1. The zero-order valence-corrected chi connectivity index (χ0v) is 14.5. The number of carbonyl (C=O) groups is 2. The van der Waals surface area contributed by atoms with E-state index in [-0.39, 0.29) is 18.0 Å². The first kappa shape index (κ1) is 17.7. The summed E-state index contributed by atoms with van der Waals surface area (Å²) in [5, 5.41) is 0. The molecule has 1 saturated heterocycles. The Morgan fingerprint density at radius 3 is 2.65 bits per heavy atom. The third-order valence-corrected chi connectivity index (χ3v) is 4.44. The van der Waals surface area contributed by atoms with Crippen LogP contribution in [0.25, 0.3) is 0 Å². The van der Waals surface area contributed by atoms with E-state index in [4.69, 9.17) is 4.74 Å². The van der Waals surface area contributed by atoms with Crippen molar-refractivity contribution in [3.8, 4) is 0 Å². The largest absolute Gasteiger partial charge is 0.444 e. The van der Waals surface area contributed by atoms with E-state index in [9.17, 15) is 14.0 Å². The summed E-state index contributed by atoms with van der Waals surface area (Å²) in [6.45, 7) is 6.70. The second-order valence-corrected chi connectivity index (χ2v) is 7.63. The van der Waals surface area contributed by atoms with E-state index in [2.05, 4.69) is 0 Å². The van der Waals surface area contributed by atoms with E-state index in [1.54, 1.807) is 11.9 Å². The first-order chi connectivity index (χ1) is 10.7. The number of rotatable bonds is 4. The molecule has 5 nitrogen and oxygen atoms in total. The zero-order valence-electron chi connectivity index (χ0n) is 13.7. The molecule has 1 aromatic carbocycles. The molecular formula is C16H21FN2O3S. The summed E-state index contributed by atoms with van der Waals surface area (Å²) in [7, 11) is 1.70. The van der Waals surface area contributed by atoms with Crippen LogP contribution in [-0.4, -0.2) is 53.4 Å². The van der Waals surface area contributed by atoms with Crippen LogP contribution in [-0.2, 0) is 4.74 Å². The molecule has 0 aromatic heterocycles. The van der Waals surface area contributed by atoms with E-state index >= 15 is 0 Å². The van der Waals surface area contributed by atoms with Gasteiger partial charge in [0.15, 0.2) is 0 Å². The lowest BCUT2D eigenvalue weighted by Crippen LogP contribution is -2.57. The Kier molecular flexibility index (Phi) is 5.31. The van der Waals surface area contributed by atoms with E-state index < -0.39 is 5.60 Å². The van der Waals surface area contributed by atoms with Crippen LogP contribution in [0.2, 0.25) is 0 Å². The molecule has 0 aliphatic carbocycles. The third-order valence-electron chi connectivity index (χ3n) is 3.38. The molecule has 2 rings (SSSR count). The van der Waals surface area contributed by atoms with Gasteiger partial charge in [-0.3, -0.25) is 4.79 Å². The van der Waals surface area contributed by atoms with Crippen molar-refractivity contribution in [2.45, 2.75) is 37.3 Å². The number of carbonyl (C=O) groups excluding carboxylic acids is 2. The molecular weight excluding hydrogens is 319 g/mol. The number of hydrogen-bond acceptors (Lipinski definition) is 5. The van der Waals surface area contributed by atoms with Crippen LogP contribution >= 0.6 is 11.9 Å². The Balaban J connectivity index is 1.87. The Morgan fingerprint density at radius 2 is 2.09 bits per heavy atom. The number of nitrogens with zero attached hydrogens (tertiary/aromatic N) is 2. The van der Waals surface area contributed by atoms with Crippen LogP contribution in [0.5, 0.6) is 0 Å². The minimum atomic E-state index is -0.526. The molecule has 7 heteroatoms. The van der Waals surface area contributed by atoms with Gasteiger partial charge in [-0.25, -0.2) is 13.5 Å². The second-order valence-electron chi connectivity index (χ2n) is 6.49. The lowest BCUT2D eigenvalue weighted by Gasteiger charge is -2.43. The topological polar surface area (TPSA) is 49.9 Å². The van der Waals surface area contributed by atoms with Crippen LogP contribution in [0.4, 0.5) is 9.18 Å². The molecule has 1 fully saturated rings. The van der Waals surface area contributed by atoms with Gasteiger partial charge in [0.25, 0.3) is 0 Å². The highest BCUT2D eigenvalue weighted by atomic mass is 32.2. The highest BCUT2D eigenvalue weighted by molar-refractivity contribution is 7.97. The number of halogens is 1. The quantitative estimate of drug-likeness (QED) is 0.622. The SMILES string of the molecule is CN(C(=O)OC(C)(C)C)C1CN(Sc2cc(C=O)ccc2F)C1. The summed E-state index contributed by atoms with van der Waals surface area (Å²) in [6.07, 6.45) is 0.333. The molecule has 1 amide bonds. The molecule has 0 unspecified atom stereocenters. The lowest BCUT2D eigenvalue weighted by molar-refractivity contribution is 0.0102. The van der Waals surface area contributed by atoms with Crippen LogP contribution in [0.15, 0.2) is 23.1 Å². The fraction of sp³-hybridized carbons (Fsp3) is 0.500. The first-order valence-corrected chi connectivity index (χ1v) is 8.10. The molecule has 0 saturated carbocycles. The van der Waals surface area contributed by atoms with Crippen LogP contribution < -0.4 is 0 Å². The highest BCUT2D eigenvalue weighted by Crippen LogP contribution is 2.31. The number of aldehydes is 1. The van der Waals surface area contributed by atoms with Crippen molar-refractivity contribution in [3.63, 3.8) is 0 Å². The Morgan fingerprint density at radius 1 is 1.43 bits per heavy atom. The van der Waals surface area contributed by atoms with Gasteiger partial charge in [-0.2, -0.15) is 0 Å². The fourth-order valence-corrected chi connectivity index (χ4v) is 3.14. The molecule has 23 heavy (non-hydrogen) atoms. The molecule has 0 bridgehead atoms. The van der Waals surface area contributed by atoms with Crippen molar-refractivity contribution < 1.29 is 18.7 Å². The van der Waals surface area contributed by atoms with Crippen LogP contribution in [0.3, 0.4) is 0 Å². The molecule has 0 atom stereocenters. The molecule has 126 valence electrons. The molecule has 1 aromatic rings. The summed E-state index contributed by atoms with van der Waals surface area (Å²) in [5.74, 6) is -0.357. The van der Waals surface area contributed by atoms with Crippen molar-refractivity contribution in [1.29, 1.82) is 0 Å². The van der Waals surface area contributed by atoms with Gasteiger partial charge in [0, 0.05) is 25.7 Å². The average Bonchev–Trinajstić information content (AvgIpc) is 2.41.